The van der Waals surface area contributed by atoms with E-state index < -0.39 is 22.0 Å². The molecular weight excluding hydrogens is 470 g/mol. The number of likely N-dealkylation sites (tertiary alicyclic amines) is 1. The molecule has 1 heterocycles. The highest BCUT2D eigenvalue weighted by Crippen LogP contribution is 2.28. The summed E-state index contributed by atoms with van der Waals surface area (Å²) in [7, 11) is -2.79. The second-order valence-corrected chi connectivity index (χ2v) is 10.1. The molecule has 1 amide bonds. The van der Waals surface area contributed by atoms with Gasteiger partial charge in [-0.05, 0) is 74.8 Å². The van der Waals surface area contributed by atoms with Gasteiger partial charge >= 0.3 is 0 Å². The van der Waals surface area contributed by atoms with Crippen LogP contribution in [0.25, 0.3) is 0 Å². The summed E-state index contributed by atoms with van der Waals surface area (Å²) in [6.45, 7) is 5.45. The van der Waals surface area contributed by atoms with E-state index in [1.165, 1.54) is 44.2 Å². The summed E-state index contributed by atoms with van der Waals surface area (Å²) >= 11 is 0. The third kappa shape index (κ3) is 6.96. The van der Waals surface area contributed by atoms with E-state index in [0.717, 1.165) is 23.9 Å². The molecule has 0 bridgehead atoms. The molecule has 1 unspecified atom stereocenters. The molecule has 35 heavy (non-hydrogen) atoms. The van der Waals surface area contributed by atoms with Crippen molar-refractivity contribution >= 4 is 15.9 Å². The fourth-order valence-electron chi connectivity index (χ4n) is 3.84. The van der Waals surface area contributed by atoms with Gasteiger partial charge in [0.2, 0.25) is 10.0 Å². The van der Waals surface area contributed by atoms with Crippen LogP contribution in [0.5, 0.6) is 11.5 Å². The zero-order valence-electron chi connectivity index (χ0n) is 19.9. The Labute approximate surface area is 206 Å². The predicted octanol–water partition coefficient (Wildman–Crippen LogP) is 2.43. The van der Waals surface area contributed by atoms with Crippen molar-refractivity contribution in [3.8, 4) is 23.3 Å². The number of carbonyl (C=O) groups excluding carboxylic acids is 1. The lowest BCUT2D eigenvalue weighted by Crippen LogP contribution is -2.40. The fourth-order valence-corrected chi connectivity index (χ4v) is 5.14. The number of carbonyl (C=O) groups is 1. The van der Waals surface area contributed by atoms with E-state index in [2.05, 4.69) is 16.7 Å². The zero-order chi connectivity index (χ0) is 25.3. The van der Waals surface area contributed by atoms with Gasteiger partial charge in [0.25, 0.3) is 5.91 Å². The number of nitrogens with one attached hydrogen (secondary N) is 1. The van der Waals surface area contributed by atoms with Crippen LogP contribution >= 0.6 is 0 Å². The molecule has 9 nitrogen and oxygen atoms in total. The number of ether oxygens (including phenoxy) is 2. The van der Waals surface area contributed by atoms with E-state index in [4.69, 9.17) is 9.47 Å². The van der Waals surface area contributed by atoms with Crippen LogP contribution in [-0.4, -0.2) is 68.6 Å². The quantitative estimate of drug-likeness (QED) is 0.277. The SMILES string of the molecule is CC#CCOc1ccc(S(=O)(=O)N(C)C(C(=O)NO)c2ccc(OCCN3CCCC3)cc2)cc1. The summed E-state index contributed by atoms with van der Waals surface area (Å²) in [6, 6.07) is 11.1. The Bertz CT molecular complexity index is 1130. The molecule has 1 saturated heterocycles. The van der Waals surface area contributed by atoms with E-state index in [1.54, 1.807) is 36.7 Å². The van der Waals surface area contributed by atoms with Gasteiger partial charge in [-0.25, -0.2) is 13.9 Å². The summed E-state index contributed by atoms with van der Waals surface area (Å²) in [5, 5.41) is 9.29. The molecule has 188 valence electrons. The van der Waals surface area contributed by atoms with Gasteiger partial charge in [-0.2, -0.15) is 4.31 Å². The number of hydrogen-bond donors (Lipinski definition) is 2. The largest absolute Gasteiger partial charge is 0.492 e. The van der Waals surface area contributed by atoms with Crippen molar-refractivity contribution in [2.24, 2.45) is 0 Å². The van der Waals surface area contributed by atoms with Gasteiger partial charge in [-0.15, -0.1) is 5.92 Å². The van der Waals surface area contributed by atoms with Crippen LogP contribution in [0.1, 0.15) is 31.4 Å². The number of sulfonamides is 1. The number of likely N-dealkylation sites (N-methyl/N-ethyl adjacent to an activating group) is 1. The molecule has 2 aromatic carbocycles. The Kier molecular flexibility index (Phi) is 9.51. The van der Waals surface area contributed by atoms with Crippen LogP contribution in [0.3, 0.4) is 0 Å². The standard InChI is InChI=1S/C25H31N3O6S/c1-3-4-18-33-22-11-13-23(14-12-22)35(31,32)27(2)24(25(29)26-30)20-7-9-21(10-8-20)34-19-17-28-15-5-6-16-28/h7-14,24,30H,5-6,15-19H2,1-2H3,(H,26,29). The maximum Gasteiger partial charge on any atom is 0.266 e. The first kappa shape index (κ1) is 26.5. The molecule has 1 aliphatic rings. The minimum Gasteiger partial charge on any atom is -0.492 e. The maximum absolute atomic E-state index is 13.2. The highest BCUT2D eigenvalue weighted by Gasteiger charge is 2.34. The Balaban J connectivity index is 1.72. The third-order valence-corrected chi connectivity index (χ3v) is 7.62. The van der Waals surface area contributed by atoms with Crippen molar-refractivity contribution in [1.29, 1.82) is 0 Å². The molecule has 3 rings (SSSR count). The van der Waals surface area contributed by atoms with Crippen molar-refractivity contribution in [2.45, 2.75) is 30.7 Å². The van der Waals surface area contributed by atoms with Gasteiger partial charge in [0.05, 0.1) is 4.90 Å². The van der Waals surface area contributed by atoms with Crippen LogP contribution in [0, 0.1) is 11.8 Å². The minimum atomic E-state index is -4.08. The van der Waals surface area contributed by atoms with Gasteiger partial charge in [0, 0.05) is 13.6 Å². The molecule has 0 aromatic heterocycles. The predicted molar refractivity (Wildman–Crippen MR) is 131 cm³/mol. The summed E-state index contributed by atoms with van der Waals surface area (Å²) in [5.74, 6) is 5.68. The van der Waals surface area contributed by atoms with E-state index >= 15 is 0 Å². The van der Waals surface area contributed by atoms with Crippen molar-refractivity contribution in [3.63, 3.8) is 0 Å². The second kappa shape index (κ2) is 12.6. The monoisotopic (exact) mass is 501 g/mol. The van der Waals surface area contributed by atoms with Crippen LogP contribution in [0.4, 0.5) is 0 Å². The summed E-state index contributed by atoms with van der Waals surface area (Å²) < 4.78 is 38.6. The van der Waals surface area contributed by atoms with Crippen LogP contribution in [0.2, 0.25) is 0 Å². The second-order valence-electron chi connectivity index (χ2n) is 8.05. The Hall–Kier alpha value is -3.10. The van der Waals surface area contributed by atoms with E-state index in [1.807, 2.05) is 0 Å². The number of benzene rings is 2. The van der Waals surface area contributed by atoms with Crippen molar-refractivity contribution in [2.75, 3.05) is 39.9 Å². The lowest BCUT2D eigenvalue weighted by molar-refractivity contribution is -0.133. The van der Waals surface area contributed by atoms with E-state index in [9.17, 15) is 18.4 Å². The molecule has 0 radical (unpaired) electrons. The molecule has 1 aliphatic heterocycles. The Morgan fingerprint density at radius 3 is 2.29 bits per heavy atom. The first-order valence-corrected chi connectivity index (χ1v) is 12.8. The molecule has 1 fully saturated rings. The molecule has 0 saturated carbocycles. The maximum atomic E-state index is 13.2. The third-order valence-electron chi connectivity index (χ3n) is 5.78. The zero-order valence-corrected chi connectivity index (χ0v) is 20.8. The number of rotatable bonds is 11. The lowest BCUT2D eigenvalue weighted by Gasteiger charge is -2.26. The molecule has 2 aromatic rings. The summed E-state index contributed by atoms with van der Waals surface area (Å²) in [6.07, 6.45) is 2.43. The van der Waals surface area contributed by atoms with Crippen molar-refractivity contribution < 1.29 is 27.9 Å². The highest BCUT2D eigenvalue weighted by molar-refractivity contribution is 7.89. The number of hydrogen-bond acceptors (Lipinski definition) is 7. The number of amides is 1. The average molecular weight is 502 g/mol. The van der Waals surface area contributed by atoms with Gasteiger partial charge in [0.15, 0.2) is 0 Å². The molecular formula is C25H31N3O6S. The minimum absolute atomic E-state index is 0.0217. The number of hydroxylamine groups is 1. The average Bonchev–Trinajstić information content (AvgIpc) is 3.39. The van der Waals surface area contributed by atoms with Gasteiger partial charge < -0.3 is 9.47 Å². The van der Waals surface area contributed by atoms with Gasteiger partial charge in [-0.1, -0.05) is 18.1 Å². The van der Waals surface area contributed by atoms with Crippen molar-refractivity contribution in [1.82, 2.24) is 14.7 Å². The topological polar surface area (TPSA) is 108 Å². The summed E-state index contributed by atoms with van der Waals surface area (Å²) in [5.41, 5.74) is 1.95. The normalized spacial score (nSPS) is 14.7. The Morgan fingerprint density at radius 1 is 1.09 bits per heavy atom. The van der Waals surface area contributed by atoms with E-state index in [0.29, 0.717) is 23.7 Å². The molecule has 0 aliphatic carbocycles. The molecule has 2 N–H and O–H groups in total. The smallest absolute Gasteiger partial charge is 0.266 e. The van der Waals surface area contributed by atoms with Crippen molar-refractivity contribution in [3.05, 3.63) is 54.1 Å². The van der Waals surface area contributed by atoms with Crippen LogP contribution in [0.15, 0.2) is 53.4 Å². The highest BCUT2D eigenvalue weighted by atomic mass is 32.2. The lowest BCUT2D eigenvalue weighted by atomic mass is 10.1. The fraction of sp³-hybridized carbons (Fsp3) is 0.400. The van der Waals surface area contributed by atoms with E-state index in [-0.39, 0.29) is 11.5 Å². The summed E-state index contributed by atoms with van der Waals surface area (Å²) in [4.78, 5) is 14.8. The molecule has 0 spiro atoms. The Morgan fingerprint density at radius 2 is 1.69 bits per heavy atom. The first-order chi connectivity index (χ1) is 16.9. The van der Waals surface area contributed by atoms with Gasteiger partial charge in [0.1, 0.15) is 30.8 Å². The van der Waals surface area contributed by atoms with Crippen LogP contribution in [-0.2, 0) is 14.8 Å². The first-order valence-electron chi connectivity index (χ1n) is 11.4. The van der Waals surface area contributed by atoms with Gasteiger partial charge in [-0.3, -0.25) is 14.9 Å². The molecule has 1 atom stereocenters. The van der Waals surface area contributed by atoms with Crippen LogP contribution < -0.4 is 15.0 Å². The molecule has 10 heteroatoms. The number of nitrogens with zero attached hydrogens (tertiary/aromatic N) is 2.